The lowest BCUT2D eigenvalue weighted by Crippen LogP contribution is -2.45. The molecule has 1 unspecified atom stereocenters. The minimum absolute atomic E-state index is 0.0516. The standard InChI is InChI=1S/C14H26N6O2S/c1-3-6-15-14(18-12-5-9-23(21,22)10-12)16-7-8-20-11-17-19-13(20)4-2/h11-12H,3-10H2,1-2H3,(H2,15,16,18). The van der Waals surface area contributed by atoms with Crippen molar-refractivity contribution in [2.24, 2.45) is 4.99 Å². The summed E-state index contributed by atoms with van der Waals surface area (Å²) in [7, 11) is -2.89. The molecular formula is C14H26N6O2S. The second kappa shape index (κ2) is 8.28. The smallest absolute Gasteiger partial charge is 0.191 e. The molecule has 1 aromatic rings. The summed E-state index contributed by atoms with van der Waals surface area (Å²) in [6, 6.07) is -0.0516. The van der Waals surface area contributed by atoms with Gasteiger partial charge in [-0.15, -0.1) is 10.2 Å². The van der Waals surface area contributed by atoms with Gasteiger partial charge in [0.15, 0.2) is 15.8 Å². The van der Waals surface area contributed by atoms with Crippen LogP contribution in [0.5, 0.6) is 0 Å². The van der Waals surface area contributed by atoms with Crippen molar-refractivity contribution < 1.29 is 8.42 Å². The molecule has 2 N–H and O–H groups in total. The van der Waals surface area contributed by atoms with E-state index in [1.165, 1.54) is 0 Å². The van der Waals surface area contributed by atoms with Gasteiger partial charge in [-0.25, -0.2) is 8.42 Å². The molecule has 0 saturated carbocycles. The highest BCUT2D eigenvalue weighted by Crippen LogP contribution is 2.10. The summed E-state index contributed by atoms with van der Waals surface area (Å²) in [5.41, 5.74) is 0. The Hall–Kier alpha value is -1.64. The summed E-state index contributed by atoms with van der Waals surface area (Å²) in [4.78, 5) is 4.47. The van der Waals surface area contributed by atoms with Crippen LogP contribution in [0.15, 0.2) is 11.3 Å². The zero-order valence-electron chi connectivity index (χ0n) is 13.8. The highest BCUT2D eigenvalue weighted by atomic mass is 32.2. The second-order valence-corrected chi connectivity index (χ2v) is 7.92. The van der Waals surface area contributed by atoms with Crippen LogP contribution in [-0.2, 0) is 22.8 Å². The van der Waals surface area contributed by atoms with Crippen LogP contribution in [0.25, 0.3) is 0 Å². The summed E-state index contributed by atoms with van der Waals surface area (Å²) in [6.07, 6.45) is 4.15. The maximum Gasteiger partial charge on any atom is 0.191 e. The quantitative estimate of drug-likeness (QED) is 0.533. The van der Waals surface area contributed by atoms with Crippen molar-refractivity contribution in [3.8, 4) is 0 Å². The monoisotopic (exact) mass is 342 g/mol. The molecule has 0 amide bonds. The van der Waals surface area contributed by atoms with Crippen molar-refractivity contribution in [1.82, 2.24) is 25.4 Å². The molecule has 0 radical (unpaired) electrons. The molecule has 9 heteroatoms. The van der Waals surface area contributed by atoms with Crippen LogP contribution in [-0.4, -0.2) is 59.8 Å². The number of aryl methyl sites for hydroxylation is 1. The Morgan fingerprint density at radius 3 is 2.96 bits per heavy atom. The van der Waals surface area contributed by atoms with Gasteiger partial charge in [-0.2, -0.15) is 0 Å². The number of hydrogen-bond acceptors (Lipinski definition) is 5. The third-order valence-corrected chi connectivity index (χ3v) is 5.49. The van der Waals surface area contributed by atoms with Crippen LogP contribution >= 0.6 is 0 Å². The Labute approximate surface area is 137 Å². The van der Waals surface area contributed by atoms with E-state index in [0.29, 0.717) is 25.5 Å². The first-order valence-corrected chi connectivity index (χ1v) is 9.98. The molecule has 1 aliphatic rings. The lowest BCUT2D eigenvalue weighted by molar-refractivity contribution is 0.597. The predicted molar refractivity (Wildman–Crippen MR) is 90.2 cm³/mol. The average Bonchev–Trinajstić information content (AvgIpc) is 3.10. The first-order chi connectivity index (χ1) is 11.0. The molecule has 1 saturated heterocycles. The van der Waals surface area contributed by atoms with Gasteiger partial charge in [0, 0.05) is 32.1 Å². The van der Waals surface area contributed by atoms with Crippen LogP contribution in [0.1, 0.15) is 32.5 Å². The number of nitrogens with one attached hydrogen (secondary N) is 2. The van der Waals surface area contributed by atoms with Gasteiger partial charge in [-0.3, -0.25) is 4.99 Å². The molecule has 0 aliphatic carbocycles. The molecule has 2 rings (SSSR count). The second-order valence-electron chi connectivity index (χ2n) is 5.70. The number of nitrogens with zero attached hydrogens (tertiary/aromatic N) is 4. The van der Waals surface area contributed by atoms with Gasteiger partial charge in [0.25, 0.3) is 0 Å². The summed E-state index contributed by atoms with van der Waals surface area (Å²) in [6.45, 7) is 6.24. The number of aromatic nitrogens is 3. The molecule has 1 fully saturated rings. The van der Waals surface area contributed by atoms with Crippen LogP contribution in [0, 0.1) is 0 Å². The molecule has 2 heterocycles. The fourth-order valence-corrected chi connectivity index (χ4v) is 4.19. The van der Waals surface area contributed by atoms with E-state index >= 15 is 0 Å². The average molecular weight is 342 g/mol. The Morgan fingerprint density at radius 1 is 1.48 bits per heavy atom. The molecule has 8 nitrogen and oxygen atoms in total. The van der Waals surface area contributed by atoms with Gasteiger partial charge in [0.2, 0.25) is 0 Å². The van der Waals surface area contributed by atoms with Crippen LogP contribution in [0.4, 0.5) is 0 Å². The summed E-state index contributed by atoms with van der Waals surface area (Å²) < 4.78 is 25.1. The van der Waals surface area contributed by atoms with E-state index in [2.05, 4.69) is 32.7 Å². The minimum Gasteiger partial charge on any atom is -0.355 e. The third-order valence-electron chi connectivity index (χ3n) is 3.72. The van der Waals surface area contributed by atoms with Gasteiger partial charge < -0.3 is 15.2 Å². The first kappa shape index (κ1) is 17.7. The molecule has 130 valence electrons. The van der Waals surface area contributed by atoms with Gasteiger partial charge in [0.1, 0.15) is 12.2 Å². The highest BCUT2D eigenvalue weighted by molar-refractivity contribution is 7.91. The topological polar surface area (TPSA) is 101 Å². The number of sulfone groups is 1. The van der Waals surface area contributed by atoms with Crippen LogP contribution < -0.4 is 10.6 Å². The Bertz CT molecular complexity index is 625. The lowest BCUT2D eigenvalue weighted by atomic mass is 10.3. The van der Waals surface area contributed by atoms with E-state index in [1.54, 1.807) is 6.33 Å². The molecule has 1 atom stereocenters. The number of guanidine groups is 1. The Balaban J connectivity index is 1.86. The van der Waals surface area contributed by atoms with Gasteiger partial charge in [-0.1, -0.05) is 13.8 Å². The fraction of sp³-hybridized carbons (Fsp3) is 0.786. The van der Waals surface area contributed by atoms with Gasteiger partial charge in [-0.05, 0) is 12.8 Å². The molecule has 23 heavy (non-hydrogen) atoms. The van der Waals surface area contributed by atoms with Gasteiger partial charge >= 0.3 is 0 Å². The molecule has 1 aromatic heterocycles. The molecular weight excluding hydrogens is 316 g/mol. The zero-order valence-corrected chi connectivity index (χ0v) is 14.6. The zero-order chi connectivity index (χ0) is 16.7. The largest absolute Gasteiger partial charge is 0.355 e. The van der Waals surface area contributed by atoms with Crippen LogP contribution in [0.3, 0.4) is 0 Å². The van der Waals surface area contributed by atoms with Crippen molar-refractivity contribution in [2.75, 3.05) is 24.6 Å². The Morgan fingerprint density at radius 2 is 2.30 bits per heavy atom. The predicted octanol–water partition coefficient (Wildman–Crippen LogP) is -0.0272. The SMILES string of the molecule is CCCN=C(NCCn1cnnc1CC)NC1CCS(=O)(=O)C1. The van der Waals surface area contributed by atoms with Crippen molar-refractivity contribution in [3.05, 3.63) is 12.2 Å². The van der Waals surface area contributed by atoms with Crippen molar-refractivity contribution in [1.29, 1.82) is 0 Å². The van der Waals surface area contributed by atoms with Crippen molar-refractivity contribution in [3.63, 3.8) is 0 Å². The Kier molecular flexibility index (Phi) is 6.37. The van der Waals surface area contributed by atoms with E-state index in [-0.39, 0.29) is 17.5 Å². The number of hydrogen-bond donors (Lipinski definition) is 2. The first-order valence-electron chi connectivity index (χ1n) is 8.16. The third kappa shape index (κ3) is 5.49. The van der Waals surface area contributed by atoms with E-state index in [0.717, 1.165) is 25.2 Å². The maximum atomic E-state index is 11.6. The minimum atomic E-state index is -2.89. The molecule has 0 spiro atoms. The molecule has 0 bridgehead atoms. The van der Waals surface area contributed by atoms with Gasteiger partial charge in [0.05, 0.1) is 11.5 Å². The van der Waals surface area contributed by atoms with E-state index in [9.17, 15) is 8.42 Å². The highest BCUT2D eigenvalue weighted by Gasteiger charge is 2.28. The van der Waals surface area contributed by atoms with Crippen LogP contribution in [0.2, 0.25) is 0 Å². The number of aliphatic imine (C=N–C) groups is 1. The molecule has 0 aromatic carbocycles. The maximum absolute atomic E-state index is 11.6. The summed E-state index contributed by atoms with van der Waals surface area (Å²) in [5, 5.41) is 14.5. The van der Waals surface area contributed by atoms with Crippen molar-refractivity contribution in [2.45, 2.75) is 45.7 Å². The fourth-order valence-electron chi connectivity index (χ4n) is 2.51. The lowest BCUT2D eigenvalue weighted by Gasteiger charge is -2.17. The van der Waals surface area contributed by atoms with E-state index < -0.39 is 9.84 Å². The normalized spacial score (nSPS) is 20.6. The summed E-state index contributed by atoms with van der Waals surface area (Å²) in [5.74, 6) is 2.08. The van der Waals surface area contributed by atoms with E-state index in [4.69, 9.17) is 0 Å². The van der Waals surface area contributed by atoms with E-state index in [1.807, 2.05) is 11.5 Å². The summed E-state index contributed by atoms with van der Waals surface area (Å²) >= 11 is 0. The molecule has 1 aliphatic heterocycles. The number of rotatable bonds is 7. The van der Waals surface area contributed by atoms with Crippen molar-refractivity contribution >= 4 is 15.8 Å².